The van der Waals surface area contributed by atoms with Crippen LogP contribution in [0.4, 0.5) is 0 Å². The number of aliphatic hydroxyl groups excluding tert-OH is 1. The summed E-state index contributed by atoms with van der Waals surface area (Å²) in [6.07, 6.45) is 4.86. The van der Waals surface area contributed by atoms with Crippen LogP contribution in [0.1, 0.15) is 39.0 Å². The van der Waals surface area contributed by atoms with E-state index in [1.807, 2.05) is 0 Å². The summed E-state index contributed by atoms with van der Waals surface area (Å²) in [5.41, 5.74) is 0.0542. The van der Waals surface area contributed by atoms with Crippen molar-refractivity contribution < 1.29 is 19.3 Å². The number of ether oxygens (including phenoxy) is 3. The molecule has 0 aromatic rings. The molecule has 0 aliphatic carbocycles. The molecule has 94 valence electrons. The molecule has 0 radical (unpaired) electrons. The fraction of sp³-hybridized carbons (Fsp3) is 1.00. The zero-order chi connectivity index (χ0) is 11.5. The predicted molar refractivity (Wildman–Crippen MR) is 58.9 cm³/mol. The first kappa shape index (κ1) is 12.3. The molecule has 0 atom stereocenters. The van der Waals surface area contributed by atoms with Crippen LogP contribution in [0.3, 0.4) is 0 Å². The van der Waals surface area contributed by atoms with Crippen molar-refractivity contribution in [3.8, 4) is 0 Å². The van der Waals surface area contributed by atoms with Gasteiger partial charge in [-0.1, -0.05) is 19.8 Å². The van der Waals surface area contributed by atoms with Gasteiger partial charge in [-0.25, -0.2) is 0 Å². The van der Waals surface area contributed by atoms with Crippen LogP contribution in [-0.4, -0.2) is 37.5 Å². The van der Waals surface area contributed by atoms with Crippen LogP contribution in [0.5, 0.6) is 0 Å². The second-order valence-corrected chi connectivity index (χ2v) is 5.25. The highest BCUT2D eigenvalue weighted by molar-refractivity contribution is 4.84. The molecule has 3 saturated heterocycles. The highest BCUT2D eigenvalue weighted by Gasteiger charge is 2.49. The Bertz CT molecular complexity index is 205. The number of rotatable bonds is 6. The van der Waals surface area contributed by atoms with Gasteiger partial charge in [0.15, 0.2) is 0 Å². The van der Waals surface area contributed by atoms with Gasteiger partial charge in [0.05, 0.1) is 19.8 Å². The maximum atomic E-state index is 8.67. The zero-order valence-electron chi connectivity index (χ0n) is 10.0. The summed E-state index contributed by atoms with van der Waals surface area (Å²) in [6.45, 7) is 4.63. The van der Waals surface area contributed by atoms with E-state index in [0.717, 1.165) is 51.9 Å². The molecule has 0 aromatic heterocycles. The standard InChI is InChI=1S/C12H22O4/c1-11-8-14-12(15-9-11,16-10-11)6-4-2-3-5-7-13/h13H,2-10H2,1H3. The van der Waals surface area contributed by atoms with Gasteiger partial charge in [-0.3, -0.25) is 0 Å². The minimum atomic E-state index is -0.753. The normalized spacial score (nSPS) is 37.9. The van der Waals surface area contributed by atoms with Crippen LogP contribution < -0.4 is 0 Å². The molecule has 1 N–H and O–H groups in total. The van der Waals surface area contributed by atoms with E-state index in [4.69, 9.17) is 19.3 Å². The molecule has 0 amide bonds. The van der Waals surface area contributed by atoms with E-state index in [2.05, 4.69) is 6.92 Å². The van der Waals surface area contributed by atoms with Crippen LogP contribution in [0.15, 0.2) is 0 Å². The summed E-state index contributed by atoms with van der Waals surface area (Å²) < 4.78 is 17.0. The molecule has 0 spiro atoms. The van der Waals surface area contributed by atoms with E-state index >= 15 is 0 Å². The lowest BCUT2D eigenvalue weighted by molar-refractivity contribution is -0.467. The summed E-state index contributed by atoms with van der Waals surface area (Å²) in [6, 6.07) is 0. The Morgan fingerprint density at radius 3 is 2.06 bits per heavy atom. The van der Waals surface area contributed by atoms with Crippen LogP contribution in [0.25, 0.3) is 0 Å². The van der Waals surface area contributed by atoms with Crippen molar-refractivity contribution in [2.45, 2.75) is 45.0 Å². The average Bonchev–Trinajstić information content (AvgIpc) is 2.31. The van der Waals surface area contributed by atoms with Crippen LogP contribution >= 0.6 is 0 Å². The molecule has 2 bridgehead atoms. The third kappa shape index (κ3) is 2.74. The molecule has 4 heteroatoms. The third-order valence-corrected chi connectivity index (χ3v) is 3.31. The quantitative estimate of drug-likeness (QED) is 0.705. The van der Waals surface area contributed by atoms with Crippen molar-refractivity contribution >= 4 is 0 Å². The van der Waals surface area contributed by atoms with E-state index in [-0.39, 0.29) is 12.0 Å². The van der Waals surface area contributed by atoms with Crippen molar-refractivity contribution in [2.24, 2.45) is 5.41 Å². The van der Waals surface area contributed by atoms with Crippen LogP contribution in [0, 0.1) is 5.41 Å². The van der Waals surface area contributed by atoms with Gasteiger partial charge in [0.1, 0.15) is 0 Å². The molecule has 4 nitrogen and oxygen atoms in total. The average molecular weight is 230 g/mol. The molecule has 3 heterocycles. The highest BCUT2D eigenvalue weighted by Crippen LogP contribution is 2.40. The minimum Gasteiger partial charge on any atom is -0.396 e. The van der Waals surface area contributed by atoms with Gasteiger partial charge in [-0.15, -0.1) is 0 Å². The third-order valence-electron chi connectivity index (χ3n) is 3.31. The lowest BCUT2D eigenvalue weighted by atomic mass is 9.91. The first-order valence-electron chi connectivity index (χ1n) is 6.21. The Kier molecular flexibility index (Phi) is 3.85. The topological polar surface area (TPSA) is 47.9 Å². The van der Waals surface area contributed by atoms with Gasteiger partial charge in [0.25, 0.3) is 5.97 Å². The lowest BCUT2D eigenvalue weighted by Gasteiger charge is -2.50. The molecular weight excluding hydrogens is 208 g/mol. The van der Waals surface area contributed by atoms with Gasteiger partial charge >= 0.3 is 0 Å². The van der Waals surface area contributed by atoms with Gasteiger partial charge in [0, 0.05) is 18.4 Å². The molecule has 3 rings (SSSR count). The van der Waals surface area contributed by atoms with Crippen molar-refractivity contribution in [3.05, 3.63) is 0 Å². The Balaban J connectivity index is 1.69. The first-order valence-corrected chi connectivity index (χ1v) is 6.21. The predicted octanol–water partition coefficient (Wildman–Crippen LogP) is 1.67. The van der Waals surface area contributed by atoms with Gasteiger partial charge < -0.3 is 19.3 Å². The summed E-state index contributed by atoms with van der Waals surface area (Å²) in [5, 5.41) is 8.67. The zero-order valence-corrected chi connectivity index (χ0v) is 10.0. The van der Waals surface area contributed by atoms with Gasteiger partial charge in [-0.2, -0.15) is 0 Å². The van der Waals surface area contributed by atoms with Crippen LogP contribution in [0.2, 0.25) is 0 Å². The maximum Gasteiger partial charge on any atom is 0.282 e. The molecular formula is C12H22O4. The monoisotopic (exact) mass is 230 g/mol. The molecule has 16 heavy (non-hydrogen) atoms. The largest absolute Gasteiger partial charge is 0.396 e. The highest BCUT2D eigenvalue weighted by atomic mass is 16.9. The molecule has 0 unspecified atom stereocenters. The maximum absolute atomic E-state index is 8.67. The SMILES string of the molecule is CC12COC(CCCCCCO)(OC1)OC2. The summed E-state index contributed by atoms with van der Waals surface area (Å²) in [4.78, 5) is 0. The second kappa shape index (κ2) is 5.00. The number of fused-ring (bicyclic) bond motifs is 3. The van der Waals surface area contributed by atoms with E-state index in [9.17, 15) is 0 Å². The van der Waals surface area contributed by atoms with Gasteiger partial charge in [-0.05, 0) is 12.8 Å². The second-order valence-electron chi connectivity index (χ2n) is 5.25. The Labute approximate surface area is 96.9 Å². The smallest absolute Gasteiger partial charge is 0.282 e. The van der Waals surface area contributed by atoms with Gasteiger partial charge in [0.2, 0.25) is 0 Å². The summed E-state index contributed by atoms with van der Waals surface area (Å²) in [7, 11) is 0. The summed E-state index contributed by atoms with van der Waals surface area (Å²) in [5.74, 6) is -0.753. The Hall–Kier alpha value is -0.160. The molecule has 0 saturated carbocycles. The van der Waals surface area contributed by atoms with E-state index in [1.54, 1.807) is 0 Å². The first-order chi connectivity index (χ1) is 7.68. The van der Waals surface area contributed by atoms with Crippen molar-refractivity contribution in [3.63, 3.8) is 0 Å². The summed E-state index contributed by atoms with van der Waals surface area (Å²) >= 11 is 0. The van der Waals surface area contributed by atoms with Crippen molar-refractivity contribution in [2.75, 3.05) is 26.4 Å². The lowest BCUT2D eigenvalue weighted by Crippen LogP contribution is -2.58. The number of hydrogen-bond acceptors (Lipinski definition) is 4. The fourth-order valence-corrected chi connectivity index (χ4v) is 2.13. The number of unbranched alkanes of at least 4 members (excludes halogenated alkanes) is 3. The minimum absolute atomic E-state index is 0.0542. The molecule has 3 aliphatic rings. The van der Waals surface area contributed by atoms with Crippen molar-refractivity contribution in [1.82, 2.24) is 0 Å². The number of aliphatic hydroxyl groups is 1. The molecule has 0 aromatic carbocycles. The van der Waals surface area contributed by atoms with E-state index in [1.165, 1.54) is 0 Å². The number of hydrogen-bond donors (Lipinski definition) is 1. The fourth-order valence-electron chi connectivity index (χ4n) is 2.13. The Morgan fingerprint density at radius 1 is 0.938 bits per heavy atom. The van der Waals surface area contributed by atoms with E-state index in [0.29, 0.717) is 0 Å². The van der Waals surface area contributed by atoms with Crippen molar-refractivity contribution in [1.29, 1.82) is 0 Å². The van der Waals surface area contributed by atoms with E-state index < -0.39 is 5.97 Å². The Morgan fingerprint density at radius 2 is 1.50 bits per heavy atom. The van der Waals surface area contributed by atoms with Crippen LogP contribution in [-0.2, 0) is 14.2 Å². The molecule has 3 fully saturated rings. The molecule has 3 aliphatic heterocycles.